The fourth-order valence-corrected chi connectivity index (χ4v) is 12.9. The molecule has 0 bridgehead atoms. The molecule has 0 radical (unpaired) electrons. The van der Waals surface area contributed by atoms with Crippen molar-refractivity contribution < 1.29 is 80.2 Å². The number of phosphoric acid groups is 2. The van der Waals surface area contributed by atoms with Gasteiger partial charge >= 0.3 is 39.5 Å². The van der Waals surface area contributed by atoms with Gasteiger partial charge in [-0.1, -0.05) is 325 Å². The minimum absolute atomic E-state index is 0.105. The van der Waals surface area contributed by atoms with Crippen LogP contribution in [-0.4, -0.2) is 96.7 Å². The zero-order valence-electron chi connectivity index (χ0n) is 61.6. The number of aliphatic hydroxyl groups is 1. The predicted octanol–water partition coefficient (Wildman–Crippen LogP) is 21.7. The number of hydrogen-bond donors (Lipinski definition) is 3. The summed E-state index contributed by atoms with van der Waals surface area (Å²) in [4.78, 5) is 72.8. The van der Waals surface area contributed by atoms with E-state index in [1.54, 1.807) is 0 Å². The van der Waals surface area contributed by atoms with E-state index in [9.17, 15) is 43.2 Å². The third-order valence-electron chi connectivity index (χ3n) is 17.7. The zero-order chi connectivity index (χ0) is 69.6. The van der Waals surface area contributed by atoms with Crippen molar-refractivity contribution in [1.29, 1.82) is 0 Å². The number of rotatable bonds is 72. The summed E-state index contributed by atoms with van der Waals surface area (Å²) in [6.07, 6.45) is 48.6. The van der Waals surface area contributed by atoms with Crippen LogP contribution in [0.15, 0.2) is 0 Å². The third kappa shape index (κ3) is 67.3. The van der Waals surface area contributed by atoms with Crippen molar-refractivity contribution in [3.63, 3.8) is 0 Å². The van der Waals surface area contributed by atoms with Gasteiger partial charge in [-0.05, 0) is 49.4 Å². The fraction of sp³-hybridized carbons (Fsp3) is 0.947. The van der Waals surface area contributed by atoms with Crippen molar-refractivity contribution in [2.45, 2.75) is 395 Å². The first-order chi connectivity index (χ1) is 45.1. The molecular formula is C75H146O17P2. The summed E-state index contributed by atoms with van der Waals surface area (Å²) < 4.78 is 68.5. The Morgan fingerprint density at radius 2 is 0.511 bits per heavy atom. The van der Waals surface area contributed by atoms with E-state index in [1.165, 1.54) is 173 Å². The van der Waals surface area contributed by atoms with E-state index in [-0.39, 0.29) is 25.7 Å². The van der Waals surface area contributed by atoms with Crippen LogP contribution in [0.25, 0.3) is 0 Å². The number of carbonyl (C=O) groups is 4. The molecule has 0 aromatic heterocycles. The van der Waals surface area contributed by atoms with E-state index in [2.05, 4.69) is 55.4 Å². The zero-order valence-corrected chi connectivity index (χ0v) is 63.4. The maximum atomic E-state index is 13.1. The molecule has 0 aliphatic rings. The molecular weight excluding hydrogens is 1230 g/mol. The Balaban J connectivity index is 5.23. The first kappa shape index (κ1) is 92.1. The number of carbonyl (C=O) groups excluding carboxylic acids is 4. The van der Waals surface area contributed by atoms with Crippen LogP contribution in [0.3, 0.4) is 0 Å². The number of esters is 4. The van der Waals surface area contributed by atoms with Crippen molar-refractivity contribution in [3.05, 3.63) is 0 Å². The molecule has 0 heterocycles. The van der Waals surface area contributed by atoms with E-state index in [0.717, 1.165) is 114 Å². The molecule has 4 unspecified atom stereocenters. The van der Waals surface area contributed by atoms with Gasteiger partial charge in [0.2, 0.25) is 0 Å². The molecule has 3 N–H and O–H groups in total. The molecule has 558 valence electrons. The number of phosphoric ester groups is 2. The smallest absolute Gasteiger partial charge is 0.462 e. The van der Waals surface area contributed by atoms with Crippen LogP contribution in [0.4, 0.5) is 0 Å². The molecule has 0 aromatic carbocycles. The predicted molar refractivity (Wildman–Crippen MR) is 381 cm³/mol. The Morgan fingerprint density at radius 3 is 0.755 bits per heavy atom. The van der Waals surface area contributed by atoms with Gasteiger partial charge in [0.05, 0.1) is 26.4 Å². The monoisotopic (exact) mass is 1380 g/mol. The van der Waals surface area contributed by atoms with Gasteiger partial charge in [-0.3, -0.25) is 37.3 Å². The van der Waals surface area contributed by atoms with Crippen LogP contribution in [-0.2, 0) is 65.4 Å². The Hall–Kier alpha value is -1.94. The first-order valence-corrected chi connectivity index (χ1v) is 41.7. The van der Waals surface area contributed by atoms with Gasteiger partial charge in [-0.15, -0.1) is 0 Å². The molecule has 0 aliphatic carbocycles. The van der Waals surface area contributed by atoms with Crippen molar-refractivity contribution in [2.75, 3.05) is 39.6 Å². The highest BCUT2D eigenvalue weighted by molar-refractivity contribution is 7.47. The molecule has 0 amide bonds. The number of unbranched alkanes of at least 4 members (excludes halogenated alkanes) is 37. The molecule has 19 heteroatoms. The molecule has 0 rings (SSSR count). The Bertz CT molecular complexity index is 1850. The molecule has 6 atom stereocenters. The van der Waals surface area contributed by atoms with E-state index >= 15 is 0 Å². The molecule has 0 aromatic rings. The van der Waals surface area contributed by atoms with Crippen LogP contribution in [0.1, 0.15) is 376 Å². The number of hydrogen-bond acceptors (Lipinski definition) is 15. The van der Waals surface area contributed by atoms with Gasteiger partial charge in [0.15, 0.2) is 12.2 Å². The van der Waals surface area contributed by atoms with Gasteiger partial charge in [0.25, 0.3) is 0 Å². The fourth-order valence-electron chi connectivity index (χ4n) is 11.3. The Morgan fingerprint density at radius 1 is 0.298 bits per heavy atom. The average Bonchev–Trinajstić information content (AvgIpc) is 1.12. The maximum Gasteiger partial charge on any atom is 0.472 e. The normalized spacial score (nSPS) is 14.4. The van der Waals surface area contributed by atoms with E-state index in [4.69, 9.17) is 37.0 Å². The topological polar surface area (TPSA) is 237 Å². The lowest BCUT2D eigenvalue weighted by Crippen LogP contribution is -2.30. The first-order valence-electron chi connectivity index (χ1n) is 38.7. The number of ether oxygens (including phenoxy) is 4. The molecule has 0 spiro atoms. The van der Waals surface area contributed by atoms with Crippen LogP contribution in [0, 0.1) is 23.7 Å². The lowest BCUT2D eigenvalue weighted by molar-refractivity contribution is -0.161. The lowest BCUT2D eigenvalue weighted by Gasteiger charge is -2.21. The summed E-state index contributed by atoms with van der Waals surface area (Å²) in [5, 5.41) is 10.6. The highest BCUT2D eigenvalue weighted by Crippen LogP contribution is 2.45. The quantitative estimate of drug-likeness (QED) is 0.0222. The van der Waals surface area contributed by atoms with Crippen LogP contribution >= 0.6 is 15.6 Å². The molecule has 0 saturated carbocycles. The minimum atomic E-state index is -4.96. The highest BCUT2D eigenvalue weighted by Gasteiger charge is 2.30. The second kappa shape index (κ2) is 64.4. The van der Waals surface area contributed by atoms with Gasteiger partial charge in [0, 0.05) is 25.7 Å². The molecule has 0 fully saturated rings. The van der Waals surface area contributed by atoms with Crippen LogP contribution < -0.4 is 0 Å². The van der Waals surface area contributed by atoms with Crippen molar-refractivity contribution in [2.24, 2.45) is 23.7 Å². The number of aliphatic hydroxyl groups excluding tert-OH is 1. The summed E-state index contributed by atoms with van der Waals surface area (Å²) in [6.45, 7) is 14.2. The molecule has 17 nitrogen and oxygen atoms in total. The minimum Gasteiger partial charge on any atom is -0.462 e. The standard InChI is InChI=1S/C75H146O17P2/c1-9-68(8)54-46-38-30-22-14-12-10-11-13-15-23-31-39-47-55-72(77)85-61-70(91-74(79)57-49-41-32-24-18-16-20-27-35-43-51-65(2)3)63-89-93(81,82)87-59-69(76)60-88-94(83,84)90-64-71(62-86-73(78)56-48-40-34-26-29-37-45-53-67(6)7)92-75(80)58-50-42-33-25-19-17-21-28-36-44-52-66(4)5/h65-71,76H,9-64H2,1-8H3,(H,81,82)(H,83,84)/t68?,69?,70-,71-/m1/s1. The van der Waals surface area contributed by atoms with Gasteiger partial charge in [0.1, 0.15) is 19.3 Å². The van der Waals surface area contributed by atoms with Crippen molar-refractivity contribution in [1.82, 2.24) is 0 Å². The van der Waals surface area contributed by atoms with E-state index < -0.39 is 97.5 Å². The van der Waals surface area contributed by atoms with Gasteiger partial charge in [-0.25, -0.2) is 9.13 Å². The third-order valence-corrected chi connectivity index (χ3v) is 19.6. The summed E-state index contributed by atoms with van der Waals surface area (Å²) in [5.41, 5.74) is 0. The highest BCUT2D eigenvalue weighted by atomic mass is 31.2. The molecule has 94 heavy (non-hydrogen) atoms. The second-order valence-corrected chi connectivity index (χ2v) is 31.6. The van der Waals surface area contributed by atoms with Crippen LogP contribution in [0.5, 0.6) is 0 Å². The Kier molecular flexibility index (Phi) is 63.1. The van der Waals surface area contributed by atoms with Crippen LogP contribution in [0.2, 0.25) is 0 Å². The van der Waals surface area contributed by atoms with Gasteiger partial charge in [-0.2, -0.15) is 0 Å². The maximum absolute atomic E-state index is 13.1. The summed E-state index contributed by atoms with van der Waals surface area (Å²) >= 11 is 0. The molecule has 0 aliphatic heterocycles. The summed E-state index contributed by atoms with van der Waals surface area (Å²) in [6, 6.07) is 0. The SMILES string of the molecule is CCC(C)CCCCCCCCCCCCCCCCC(=O)OC[C@H](COP(=O)(O)OCC(O)COP(=O)(O)OC[C@@H](COC(=O)CCCCCCCCCC(C)C)OC(=O)CCCCCCCCCCCCC(C)C)OC(=O)CCCCCCCCCCCCC(C)C. The van der Waals surface area contributed by atoms with Crippen molar-refractivity contribution in [3.8, 4) is 0 Å². The van der Waals surface area contributed by atoms with Gasteiger partial charge < -0.3 is 33.8 Å². The van der Waals surface area contributed by atoms with E-state index in [0.29, 0.717) is 31.6 Å². The summed E-state index contributed by atoms with van der Waals surface area (Å²) in [7, 11) is -9.91. The van der Waals surface area contributed by atoms with E-state index in [1.807, 2.05) is 0 Å². The average molecular weight is 1380 g/mol. The largest absolute Gasteiger partial charge is 0.472 e. The van der Waals surface area contributed by atoms with Crippen molar-refractivity contribution >= 4 is 39.5 Å². The lowest BCUT2D eigenvalue weighted by atomic mass is 9.99. The molecule has 0 saturated heterocycles. The second-order valence-electron chi connectivity index (χ2n) is 28.7. The Labute approximate surface area is 575 Å². The summed E-state index contributed by atoms with van der Waals surface area (Å²) in [5.74, 6) is 0.936.